The second kappa shape index (κ2) is 9.98. The molecule has 0 atom stereocenters. The summed E-state index contributed by atoms with van der Waals surface area (Å²) in [5.74, 6) is 0.120. The Labute approximate surface area is 188 Å². The normalized spacial score (nSPS) is 14.5. The van der Waals surface area contributed by atoms with Crippen molar-refractivity contribution in [3.05, 3.63) is 59.9 Å². The van der Waals surface area contributed by atoms with Crippen LogP contribution in [0.4, 0.5) is 5.69 Å². The molecular formula is C26H31N3O3. The van der Waals surface area contributed by atoms with Gasteiger partial charge in [-0.15, -0.1) is 0 Å². The van der Waals surface area contributed by atoms with Crippen LogP contribution < -0.4 is 4.90 Å². The Morgan fingerprint density at radius 3 is 2.53 bits per heavy atom. The highest BCUT2D eigenvalue weighted by molar-refractivity contribution is 5.97. The SMILES string of the molecule is CCCc1nc2cc(N(Cc3ccccc3)C(=O)C3CCCCC3)ccc2n1CC(=O)O. The van der Waals surface area contributed by atoms with E-state index in [2.05, 4.69) is 6.92 Å². The third-order valence-electron chi connectivity index (χ3n) is 6.29. The summed E-state index contributed by atoms with van der Waals surface area (Å²) in [4.78, 5) is 31.6. The van der Waals surface area contributed by atoms with E-state index >= 15 is 0 Å². The minimum atomic E-state index is -0.885. The number of hydrogen-bond acceptors (Lipinski definition) is 3. The number of aromatic nitrogens is 2. The van der Waals surface area contributed by atoms with Crippen molar-refractivity contribution in [1.82, 2.24) is 9.55 Å². The maximum absolute atomic E-state index is 13.6. The second-order valence-electron chi connectivity index (χ2n) is 8.68. The number of aliphatic carboxylic acids is 1. The number of hydrogen-bond donors (Lipinski definition) is 1. The van der Waals surface area contributed by atoms with E-state index < -0.39 is 5.97 Å². The molecule has 1 amide bonds. The summed E-state index contributed by atoms with van der Waals surface area (Å²) < 4.78 is 1.77. The monoisotopic (exact) mass is 433 g/mol. The van der Waals surface area contributed by atoms with Gasteiger partial charge in [0.1, 0.15) is 12.4 Å². The topological polar surface area (TPSA) is 75.4 Å². The summed E-state index contributed by atoms with van der Waals surface area (Å²) in [6.45, 7) is 2.46. The smallest absolute Gasteiger partial charge is 0.323 e. The van der Waals surface area contributed by atoms with Crippen molar-refractivity contribution in [3.8, 4) is 0 Å². The van der Waals surface area contributed by atoms with Crippen LogP contribution in [0.2, 0.25) is 0 Å². The van der Waals surface area contributed by atoms with Gasteiger partial charge in [-0.25, -0.2) is 4.98 Å². The van der Waals surface area contributed by atoms with Gasteiger partial charge in [0.15, 0.2) is 0 Å². The zero-order chi connectivity index (χ0) is 22.5. The molecule has 1 saturated carbocycles. The number of amides is 1. The van der Waals surface area contributed by atoms with E-state index in [1.807, 2.05) is 53.4 Å². The van der Waals surface area contributed by atoms with Gasteiger partial charge in [-0.05, 0) is 43.0 Å². The Balaban J connectivity index is 1.72. The number of rotatable bonds is 8. The number of nitrogens with zero attached hydrogens (tertiary/aromatic N) is 3. The molecule has 4 rings (SSSR count). The van der Waals surface area contributed by atoms with Crippen molar-refractivity contribution in [2.24, 2.45) is 5.92 Å². The van der Waals surface area contributed by atoms with Crippen molar-refractivity contribution in [1.29, 1.82) is 0 Å². The fourth-order valence-corrected chi connectivity index (χ4v) is 4.69. The molecule has 1 aliphatic carbocycles. The number of imidazole rings is 1. The lowest BCUT2D eigenvalue weighted by molar-refractivity contribution is -0.137. The molecule has 1 aromatic heterocycles. The molecule has 0 saturated heterocycles. The second-order valence-corrected chi connectivity index (χ2v) is 8.68. The summed E-state index contributed by atoms with van der Waals surface area (Å²) >= 11 is 0. The van der Waals surface area contributed by atoms with E-state index in [9.17, 15) is 14.7 Å². The fourth-order valence-electron chi connectivity index (χ4n) is 4.69. The Kier molecular flexibility index (Phi) is 6.88. The van der Waals surface area contributed by atoms with Gasteiger partial charge in [0.2, 0.25) is 5.91 Å². The molecule has 0 unspecified atom stereocenters. The average molecular weight is 434 g/mol. The molecule has 32 heavy (non-hydrogen) atoms. The lowest BCUT2D eigenvalue weighted by Crippen LogP contribution is -2.36. The number of benzene rings is 2. The van der Waals surface area contributed by atoms with E-state index in [0.717, 1.165) is 60.2 Å². The lowest BCUT2D eigenvalue weighted by Gasteiger charge is -2.29. The first-order valence-electron chi connectivity index (χ1n) is 11.6. The summed E-state index contributed by atoms with van der Waals surface area (Å²) in [5.41, 5.74) is 3.44. The average Bonchev–Trinajstić information content (AvgIpc) is 3.14. The number of carbonyl (C=O) groups is 2. The van der Waals surface area contributed by atoms with Gasteiger partial charge in [0, 0.05) is 18.0 Å². The zero-order valence-corrected chi connectivity index (χ0v) is 18.7. The van der Waals surface area contributed by atoms with Crippen molar-refractivity contribution >= 4 is 28.6 Å². The first-order valence-corrected chi connectivity index (χ1v) is 11.6. The minimum Gasteiger partial charge on any atom is -0.480 e. The number of anilines is 1. The molecule has 1 aliphatic rings. The van der Waals surface area contributed by atoms with Gasteiger partial charge < -0.3 is 14.6 Å². The van der Waals surface area contributed by atoms with Crippen LogP contribution in [0, 0.1) is 5.92 Å². The van der Waals surface area contributed by atoms with Gasteiger partial charge >= 0.3 is 5.97 Å². The van der Waals surface area contributed by atoms with E-state index in [1.165, 1.54) is 6.42 Å². The summed E-state index contributed by atoms with van der Waals surface area (Å²) in [5, 5.41) is 9.36. The van der Waals surface area contributed by atoms with Crippen LogP contribution in [-0.4, -0.2) is 26.5 Å². The molecule has 0 aliphatic heterocycles. The molecule has 3 aromatic rings. The molecule has 0 spiro atoms. The predicted molar refractivity (Wildman–Crippen MR) is 126 cm³/mol. The van der Waals surface area contributed by atoms with Crippen molar-refractivity contribution in [2.75, 3.05) is 4.90 Å². The Bertz CT molecular complexity index is 1080. The Morgan fingerprint density at radius 2 is 1.84 bits per heavy atom. The van der Waals surface area contributed by atoms with Crippen LogP contribution in [0.25, 0.3) is 11.0 Å². The highest BCUT2D eigenvalue weighted by atomic mass is 16.4. The van der Waals surface area contributed by atoms with Crippen LogP contribution in [-0.2, 0) is 29.1 Å². The van der Waals surface area contributed by atoms with Gasteiger partial charge in [-0.3, -0.25) is 9.59 Å². The van der Waals surface area contributed by atoms with Gasteiger partial charge in [0.25, 0.3) is 0 Å². The van der Waals surface area contributed by atoms with E-state index in [0.29, 0.717) is 13.0 Å². The largest absolute Gasteiger partial charge is 0.480 e. The maximum Gasteiger partial charge on any atom is 0.323 e. The molecule has 0 radical (unpaired) electrons. The van der Waals surface area contributed by atoms with E-state index in [4.69, 9.17) is 4.98 Å². The van der Waals surface area contributed by atoms with Gasteiger partial charge in [-0.2, -0.15) is 0 Å². The summed E-state index contributed by atoms with van der Waals surface area (Å²) in [6.07, 6.45) is 6.90. The molecule has 1 N–H and O–H groups in total. The van der Waals surface area contributed by atoms with E-state index in [1.54, 1.807) is 4.57 Å². The number of aryl methyl sites for hydroxylation is 1. The van der Waals surface area contributed by atoms with Gasteiger partial charge in [-0.1, -0.05) is 56.5 Å². The van der Waals surface area contributed by atoms with Crippen molar-refractivity contribution in [2.45, 2.75) is 65.0 Å². The predicted octanol–water partition coefficient (Wildman–Crippen LogP) is 5.19. The molecule has 0 bridgehead atoms. The first-order chi connectivity index (χ1) is 15.6. The highest BCUT2D eigenvalue weighted by Gasteiger charge is 2.27. The van der Waals surface area contributed by atoms with Crippen LogP contribution in [0.5, 0.6) is 0 Å². The van der Waals surface area contributed by atoms with Crippen LogP contribution in [0.1, 0.15) is 56.8 Å². The summed E-state index contributed by atoms with van der Waals surface area (Å²) in [6, 6.07) is 15.8. The highest BCUT2D eigenvalue weighted by Crippen LogP contribution is 2.30. The maximum atomic E-state index is 13.6. The molecule has 1 heterocycles. The fraction of sp³-hybridized carbons (Fsp3) is 0.423. The summed E-state index contributed by atoms with van der Waals surface area (Å²) in [7, 11) is 0. The molecular weight excluding hydrogens is 402 g/mol. The quantitative estimate of drug-likeness (QED) is 0.531. The minimum absolute atomic E-state index is 0.0587. The molecule has 6 heteroatoms. The zero-order valence-electron chi connectivity index (χ0n) is 18.7. The Hall–Kier alpha value is -3.15. The van der Waals surface area contributed by atoms with Crippen LogP contribution >= 0.6 is 0 Å². The number of fused-ring (bicyclic) bond motifs is 1. The lowest BCUT2D eigenvalue weighted by atomic mass is 9.88. The van der Waals surface area contributed by atoms with Crippen molar-refractivity contribution in [3.63, 3.8) is 0 Å². The number of carboxylic acid groups (broad SMARTS) is 1. The van der Waals surface area contributed by atoms with Crippen LogP contribution in [0.15, 0.2) is 48.5 Å². The number of carboxylic acids is 1. The van der Waals surface area contributed by atoms with E-state index in [-0.39, 0.29) is 18.4 Å². The third-order valence-corrected chi connectivity index (χ3v) is 6.29. The molecule has 168 valence electrons. The number of carbonyl (C=O) groups excluding carboxylic acids is 1. The Morgan fingerprint density at radius 1 is 1.09 bits per heavy atom. The molecule has 1 fully saturated rings. The standard InChI is InChI=1S/C26H31N3O3/c1-2-9-24-27-22-16-21(14-15-23(22)29(24)18-25(30)31)28(17-19-10-5-3-6-11-19)26(32)20-12-7-4-8-13-20/h3,5-6,10-11,14-16,20H,2,4,7-9,12-13,17-18H2,1H3,(H,30,31). The first kappa shape index (κ1) is 22.1. The molecule has 2 aromatic carbocycles. The third kappa shape index (κ3) is 4.85. The van der Waals surface area contributed by atoms with Crippen molar-refractivity contribution < 1.29 is 14.7 Å². The van der Waals surface area contributed by atoms with Crippen LogP contribution in [0.3, 0.4) is 0 Å². The molecule has 6 nitrogen and oxygen atoms in total. The van der Waals surface area contributed by atoms with Gasteiger partial charge in [0.05, 0.1) is 17.6 Å².